The van der Waals surface area contributed by atoms with E-state index in [1.807, 2.05) is 60.7 Å². The molecule has 0 heterocycles. The average molecular weight is 724 g/mol. The third-order valence-electron chi connectivity index (χ3n) is 7.88. The summed E-state index contributed by atoms with van der Waals surface area (Å²) in [4.78, 5) is 22.0. The molecule has 0 bridgehead atoms. The Bertz CT molecular complexity index is 1520. The lowest BCUT2D eigenvalue weighted by Crippen LogP contribution is -2.08. The lowest BCUT2D eigenvalue weighted by Gasteiger charge is -2.19. The highest BCUT2D eigenvalue weighted by atomic mass is 79.9. The summed E-state index contributed by atoms with van der Waals surface area (Å²) in [6.45, 7) is 0.637. The van der Waals surface area contributed by atoms with Gasteiger partial charge in [-0.25, -0.2) is 0 Å². The van der Waals surface area contributed by atoms with E-state index in [9.17, 15) is 20.2 Å². The van der Waals surface area contributed by atoms with E-state index >= 15 is 0 Å². The minimum absolute atomic E-state index is 0.0449. The second-order valence-electron chi connectivity index (χ2n) is 10.8. The highest BCUT2D eigenvalue weighted by Gasteiger charge is 2.27. The molecule has 0 radical (unpaired) electrons. The molecule has 4 aromatic carbocycles. The van der Waals surface area contributed by atoms with Crippen LogP contribution in [0.2, 0.25) is 0 Å². The van der Waals surface area contributed by atoms with Gasteiger partial charge in [-0.2, -0.15) is 0 Å². The summed E-state index contributed by atoms with van der Waals surface area (Å²) < 4.78 is 13.1. The number of benzene rings is 4. The van der Waals surface area contributed by atoms with Crippen LogP contribution in [-0.2, 0) is 38.9 Å². The van der Waals surface area contributed by atoms with Crippen molar-refractivity contribution in [1.29, 1.82) is 0 Å². The molecule has 4 aromatic rings. The van der Waals surface area contributed by atoms with Crippen molar-refractivity contribution in [1.82, 2.24) is 0 Å². The highest BCUT2D eigenvalue weighted by molar-refractivity contribution is 9.11. The van der Waals surface area contributed by atoms with Gasteiger partial charge in [-0.05, 0) is 117 Å². The molecule has 0 amide bonds. The number of hydrogen-bond acceptors (Lipinski definition) is 6. The average Bonchev–Trinajstić information content (AvgIpc) is 3.05. The first-order valence-corrected chi connectivity index (χ1v) is 16.2. The van der Waals surface area contributed by atoms with E-state index in [1.165, 1.54) is 0 Å². The van der Waals surface area contributed by atoms with Crippen LogP contribution in [0.25, 0.3) is 0 Å². The number of ether oxygens (including phenoxy) is 2. The van der Waals surface area contributed by atoms with E-state index in [2.05, 4.69) is 31.9 Å². The van der Waals surface area contributed by atoms with Gasteiger partial charge in [0.15, 0.2) is 0 Å². The van der Waals surface area contributed by atoms with Gasteiger partial charge in [-0.15, -0.1) is 0 Å². The molecule has 0 unspecified atom stereocenters. The molecular formula is C34H32Br2N2O6. The predicted octanol–water partition coefficient (Wildman–Crippen LogP) is 9.63. The Morgan fingerprint density at radius 1 is 0.591 bits per heavy atom. The van der Waals surface area contributed by atoms with Gasteiger partial charge in [0, 0.05) is 12.1 Å². The smallest absolute Gasteiger partial charge is 0.312 e. The van der Waals surface area contributed by atoms with Gasteiger partial charge in [0.1, 0.15) is 13.2 Å². The second-order valence-corrected chi connectivity index (χ2v) is 12.4. The first kappa shape index (κ1) is 31.7. The van der Waals surface area contributed by atoms with Crippen molar-refractivity contribution >= 4 is 43.2 Å². The molecule has 2 aliphatic rings. The van der Waals surface area contributed by atoms with Gasteiger partial charge >= 0.3 is 11.4 Å². The van der Waals surface area contributed by atoms with Crippen LogP contribution in [0.15, 0.2) is 81.7 Å². The summed E-state index contributed by atoms with van der Waals surface area (Å²) in [6, 6.07) is 22.7. The van der Waals surface area contributed by atoms with Gasteiger partial charge in [0.2, 0.25) is 11.5 Å². The van der Waals surface area contributed by atoms with Crippen molar-refractivity contribution < 1.29 is 19.3 Å². The Labute approximate surface area is 273 Å². The molecule has 0 N–H and O–H groups in total. The maximum atomic E-state index is 11.4. The van der Waals surface area contributed by atoms with E-state index in [1.54, 1.807) is 12.1 Å². The fourth-order valence-electron chi connectivity index (χ4n) is 5.64. The van der Waals surface area contributed by atoms with Crippen LogP contribution in [0.5, 0.6) is 11.5 Å². The number of halogens is 2. The Hall–Kier alpha value is -3.76. The van der Waals surface area contributed by atoms with Crippen LogP contribution < -0.4 is 9.47 Å². The largest absolute Gasteiger partial charge is 0.481 e. The van der Waals surface area contributed by atoms with Crippen LogP contribution in [0.3, 0.4) is 0 Å². The third-order valence-corrected chi connectivity index (χ3v) is 9.56. The standard InChI is InChI=1S/2C17H16BrNO3/c2*18-16-14-9-5-4-8-13(14)10-15(19(20)21)17(16)22-11-12-6-2-1-3-7-12/h2*1-3,6-7,10H,4-5,8-9,11H2. The molecule has 6 rings (SSSR count). The summed E-state index contributed by atoms with van der Waals surface area (Å²) in [6.07, 6.45) is 8.07. The number of rotatable bonds is 8. The number of nitro benzene ring substituents is 2. The molecule has 228 valence electrons. The van der Waals surface area contributed by atoms with E-state index in [0.29, 0.717) is 24.7 Å². The summed E-state index contributed by atoms with van der Waals surface area (Å²) in [7, 11) is 0. The zero-order valence-corrected chi connectivity index (χ0v) is 27.3. The van der Waals surface area contributed by atoms with Crippen molar-refractivity contribution in [2.75, 3.05) is 0 Å². The number of nitrogens with zero attached hydrogens (tertiary/aromatic N) is 2. The van der Waals surface area contributed by atoms with Crippen LogP contribution in [0.4, 0.5) is 11.4 Å². The zero-order chi connectivity index (χ0) is 31.1. The van der Waals surface area contributed by atoms with Gasteiger partial charge < -0.3 is 9.47 Å². The lowest BCUT2D eigenvalue weighted by molar-refractivity contribution is -0.386. The van der Waals surface area contributed by atoms with Crippen molar-refractivity contribution in [2.45, 2.75) is 64.6 Å². The van der Waals surface area contributed by atoms with Crippen LogP contribution in [-0.4, -0.2) is 9.85 Å². The number of nitro groups is 2. The normalized spacial score (nSPS) is 13.5. The van der Waals surface area contributed by atoms with E-state index in [-0.39, 0.29) is 21.2 Å². The summed E-state index contributed by atoms with van der Waals surface area (Å²) in [5, 5.41) is 22.8. The molecule has 0 fully saturated rings. The minimum Gasteiger partial charge on any atom is -0.481 e. The van der Waals surface area contributed by atoms with Crippen LogP contribution >= 0.6 is 31.9 Å². The van der Waals surface area contributed by atoms with Crippen LogP contribution in [0, 0.1) is 20.2 Å². The van der Waals surface area contributed by atoms with E-state index in [0.717, 1.165) is 93.7 Å². The van der Waals surface area contributed by atoms with Gasteiger partial charge in [-0.1, -0.05) is 60.7 Å². The third kappa shape index (κ3) is 7.47. The molecule has 8 nitrogen and oxygen atoms in total. The van der Waals surface area contributed by atoms with Crippen molar-refractivity contribution in [3.63, 3.8) is 0 Å². The Morgan fingerprint density at radius 3 is 1.32 bits per heavy atom. The fourth-order valence-corrected chi connectivity index (χ4v) is 7.18. The van der Waals surface area contributed by atoms with Gasteiger partial charge in [0.05, 0.1) is 18.8 Å². The molecule has 0 atom stereocenters. The molecule has 0 saturated heterocycles. The Kier molecular flexibility index (Phi) is 10.7. The van der Waals surface area contributed by atoms with E-state index < -0.39 is 0 Å². The highest BCUT2D eigenvalue weighted by Crippen LogP contribution is 2.44. The molecule has 0 spiro atoms. The van der Waals surface area contributed by atoms with Crippen molar-refractivity contribution in [2.24, 2.45) is 0 Å². The monoisotopic (exact) mass is 722 g/mol. The molecule has 0 aliphatic heterocycles. The molecule has 0 aromatic heterocycles. The summed E-state index contributed by atoms with van der Waals surface area (Å²) >= 11 is 7.06. The SMILES string of the molecule is O=[N+]([O-])c1cc2c(c(Br)c1OCc1ccccc1)CCCC2.O=[N+]([O-])c1cc2c(c(Br)c1OCc1ccccc1)CCCC2. The molecule has 0 saturated carbocycles. The quantitative estimate of drug-likeness (QED) is 0.132. The molecular weight excluding hydrogens is 692 g/mol. The second kappa shape index (κ2) is 14.8. The topological polar surface area (TPSA) is 105 Å². The van der Waals surface area contributed by atoms with Crippen molar-refractivity contribution in [3.05, 3.63) is 135 Å². The number of fused-ring (bicyclic) bond motifs is 2. The van der Waals surface area contributed by atoms with Crippen LogP contribution in [0.1, 0.15) is 59.1 Å². The van der Waals surface area contributed by atoms with Gasteiger partial charge in [-0.3, -0.25) is 20.2 Å². The van der Waals surface area contributed by atoms with E-state index in [4.69, 9.17) is 9.47 Å². The maximum absolute atomic E-state index is 11.4. The molecule has 10 heteroatoms. The zero-order valence-electron chi connectivity index (χ0n) is 24.1. The molecule has 2 aliphatic carbocycles. The number of aryl methyl sites for hydroxylation is 2. The summed E-state index contributed by atoms with van der Waals surface area (Å²) in [5.41, 5.74) is 6.50. The molecule has 44 heavy (non-hydrogen) atoms. The first-order valence-electron chi connectivity index (χ1n) is 14.6. The first-order chi connectivity index (χ1) is 21.3. The minimum atomic E-state index is -0.361. The fraction of sp³-hybridized carbons (Fsp3) is 0.294. The Balaban J connectivity index is 0.000000175. The Morgan fingerprint density at radius 2 is 0.955 bits per heavy atom. The lowest BCUT2D eigenvalue weighted by atomic mass is 9.91. The van der Waals surface area contributed by atoms with Gasteiger partial charge in [0.25, 0.3) is 0 Å². The number of hydrogen-bond donors (Lipinski definition) is 0. The summed E-state index contributed by atoms with van der Waals surface area (Å²) in [5.74, 6) is 0.684. The maximum Gasteiger partial charge on any atom is 0.312 e. The predicted molar refractivity (Wildman–Crippen MR) is 176 cm³/mol. The van der Waals surface area contributed by atoms with Crippen molar-refractivity contribution in [3.8, 4) is 11.5 Å².